The molecule has 0 bridgehead atoms. The standard InChI is InChI=1S/C7H9F2N3O/c8-7(9)5-3-11-2-4(12-5)6(13)1-10/h2-3,6-7,13H,1,10H2. The maximum Gasteiger partial charge on any atom is 0.281 e. The Labute approximate surface area is 73.4 Å². The van der Waals surface area contributed by atoms with Gasteiger partial charge in [0, 0.05) is 6.54 Å². The number of nitrogens with two attached hydrogens (primary N) is 1. The van der Waals surface area contributed by atoms with Gasteiger partial charge in [0.15, 0.2) is 0 Å². The molecule has 3 N–H and O–H groups in total. The molecule has 0 aromatic carbocycles. The zero-order valence-corrected chi connectivity index (χ0v) is 6.69. The van der Waals surface area contributed by atoms with Gasteiger partial charge in [0.25, 0.3) is 6.43 Å². The third kappa shape index (κ3) is 2.40. The van der Waals surface area contributed by atoms with Crippen molar-refractivity contribution in [3.8, 4) is 0 Å². The van der Waals surface area contributed by atoms with E-state index in [0.717, 1.165) is 6.20 Å². The van der Waals surface area contributed by atoms with Gasteiger partial charge in [0.2, 0.25) is 0 Å². The highest BCUT2D eigenvalue weighted by Gasteiger charge is 2.13. The second kappa shape index (κ2) is 4.20. The van der Waals surface area contributed by atoms with Crippen LogP contribution in [0.1, 0.15) is 23.9 Å². The van der Waals surface area contributed by atoms with Gasteiger partial charge in [-0.15, -0.1) is 0 Å². The maximum absolute atomic E-state index is 12.1. The minimum absolute atomic E-state index is 0.0681. The molecule has 0 radical (unpaired) electrons. The Hall–Kier alpha value is -1.14. The fourth-order valence-electron chi connectivity index (χ4n) is 0.783. The van der Waals surface area contributed by atoms with Gasteiger partial charge < -0.3 is 10.8 Å². The van der Waals surface area contributed by atoms with Crippen molar-refractivity contribution >= 4 is 0 Å². The molecule has 1 unspecified atom stereocenters. The minimum Gasteiger partial charge on any atom is -0.385 e. The molecular weight excluding hydrogens is 180 g/mol. The molecule has 1 aromatic rings. The summed E-state index contributed by atoms with van der Waals surface area (Å²) in [6, 6.07) is 0. The number of nitrogens with zero attached hydrogens (tertiary/aromatic N) is 2. The smallest absolute Gasteiger partial charge is 0.281 e. The first-order valence-corrected chi connectivity index (χ1v) is 3.63. The lowest BCUT2D eigenvalue weighted by molar-refractivity contribution is 0.142. The number of aliphatic hydroxyl groups is 1. The molecular formula is C7H9F2N3O. The van der Waals surface area contributed by atoms with Crippen molar-refractivity contribution < 1.29 is 13.9 Å². The Morgan fingerprint density at radius 3 is 2.54 bits per heavy atom. The van der Waals surface area contributed by atoms with Gasteiger partial charge in [0.05, 0.1) is 18.1 Å². The Balaban J connectivity index is 2.91. The van der Waals surface area contributed by atoms with Gasteiger partial charge in [0.1, 0.15) is 11.8 Å². The van der Waals surface area contributed by atoms with Crippen LogP contribution in [0.15, 0.2) is 12.4 Å². The van der Waals surface area contributed by atoms with Crippen LogP contribution in [-0.2, 0) is 0 Å². The molecule has 0 aliphatic heterocycles. The van der Waals surface area contributed by atoms with Crippen molar-refractivity contribution in [2.45, 2.75) is 12.5 Å². The zero-order valence-electron chi connectivity index (χ0n) is 6.69. The van der Waals surface area contributed by atoms with Gasteiger partial charge in [-0.05, 0) is 0 Å². The molecule has 6 heteroatoms. The van der Waals surface area contributed by atoms with E-state index in [4.69, 9.17) is 10.8 Å². The summed E-state index contributed by atoms with van der Waals surface area (Å²) in [7, 11) is 0. The summed E-state index contributed by atoms with van der Waals surface area (Å²) in [6.07, 6.45) is -1.55. The van der Waals surface area contributed by atoms with Crippen LogP contribution in [0, 0.1) is 0 Å². The van der Waals surface area contributed by atoms with Gasteiger partial charge >= 0.3 is 0 Å². The van der Waals surface area contributed by atoms with Crippen LogP contribution in [0.2, 0.25) is 0 Å². The van der Waals surface area contributed by atoms with E-state index in [9.17, 15) is 8.78 Å². The average molecular weight is 189 g/mol. The van der Waals surface area contributed by atoms with E-state index in [-0.39, 0.29) is 12.2 Å². The Kier molecular flexibility index (Phi) is 3.21. The van der Waals surface area contributed by atoms with Crippen molar-refractivity contribution in [2.75, 3.05) is 6.54 Å². The number of rotatable bonds is 3. The summed E-state index contributed by atoms with van der Waals surface area (Å²) in [5.41, 5.74) is 4.74. The van der Waals surface area contributed by atoms with E-state index in [0.29, 0.717) is 0 Å². The van der Waals surface area contributed by atoms with Crippen LogP contribution < -0.4 is 5.73 Å². The molecule has 1 aromatic heterocycles. The summed E-state index contributed by atoms with van der Waals surface area (Å²) in [5, 5.41) is 9.16. The SMILES string of the molecule is NCC(O)c1cncc(C(F)F)n1. The van der Waals surface area contributed by atoms with Crippen molar-refractivity contribution in [3.05, 3.63) is 23.8 Å². The third-order valence-electron chi connectivity index (χ3n) is 1.46. The largest absolute Gasteiger partial charge is 0.385 e. The van der Waals surface area contributed by atoms with E-state index in [1.165, 1.54) is 6.20 Å². The first-order chi connectivity index (χ1) is 6.15. The van der Waals surface area contributed by atoms with Gasteiger partial charge in [-0.2, -0.15) is 0 Å². The quantitative estimate of drug-likeness (QED) is 0.722. The fraction of sp³-hybridized carbons (Fsp3) is 0.429. The number of halogens is 2. The number of hydrogen-bond donors (Lipinski definition) is 2. The number of aliphatic hydroxyl groups excluding tert-OH is 1. The van der Waals surface area contributed by atoms with Crippen molar-refractivity contribution in [1.82, 2.24) is 9.97 Å². The summed E-state index contributed by atoms with van der Waals surface area (Å²) in [4.78, 5) is 7.02. The molecule has 0 aliphatic rings. The predicted molar refractivity (Wildman–Crippen MR) is 41.0 cm³/mol. The third-order valence-corrected chi connectivity index (χ3v) is 1.46. The Morgan fingerprint density at radius 2 is 2.00 bits per heavy atom. The summed E-state index contributed by atoms with van der Waals surface area (Å²) in [5.74, 6) is 0. The monoisotopic (exact) mass is 189 g/mol. The molecule has 72 valence electrons. The topological polar surface area (TPSA) is 72.0 Å². The van der Waals surface area contributed by atoms with Gasteiger partial charge in [-0.1, -0.05) is 0 Å². The average Bonchev–Trinajstić information content (AvgIpc) is 2.17. The fourth-order valence-corrected chi connectivity index (χ4v) is 0.783. The van der Waals surface area contributed by atoms with Crippen LogP contribution in [0.25, 0.3) is 0 Å². The Morgan fingerprint density at radius 1 is 1.38 bits per heavy atom. The maximum atomic E-state index is 12.1. The highest BCUT2D eigenvalue weighted by molar-refractivity contribution is 5.06. The van der Waals surface area contributed by atoms with Crippen LogP contribution >= 0.6 is 0 Å². The molecule has 0 amide bonds. The summed E-state index contributed by atoms with van der Waals surface area (Å²) >= 11 is 0. The molecule has 1 heterocycles. The number of aromatic nitrogens is 2. The molecule has 1 rings (SSSR count). The molecule has 1 atom stereocenters. The molecule has 4 nitrogen and oxygen atoms in total. The summed E-state index contributed by atoms with van der Waals surface area (Å²) in [6.45, 7) is -0.0681. The predicted octanol–water partition coefficient (Wildman–Crippen LogP) is 0.406. The van der Waals surface area contributed by atoms with Gasteiger partial charge in [-0.25, -0.2) is 13.8 Å². The van der Waals surface area contributed by atoms with E-state index in [1.807, 2.05) is 0 Å². The molecule has 13 heavy (non-hydrogen) atoms. The first kappa shape index (κ1) is 9.94. The van der Waals surface area contributed by atoms with Crippen molar-refractivity contribution in [3.63, 3.8) is 0 Å². The van der Waals surface area contributed by atoms with Crippen LogP contribution in [0.5, 0.6) is 0 Å². The van der Waals surface area contributed by atoms with Crippen molar-refractivity contribution in [1.29, 1.82) is 0 Å². The Bertz CT molecular complexity index is 282. The lowest BCUT2D eigenvalue weighted by atomic mass is 10.2. The molecule has 0 fully saturated rings. The van der Waals surface area contributed by atoms with E-state index in [2.05, 4.69) is 9.97 Å². The zero-order chi connectivity index (χ0) is 9.84. The second-order valence-corrected chi connectivity index (χ2v) is 2.42. The van der Waals surface area contributed by atoms with Crippen molar-refractivity contribution in [2.24, 2.45) is 5.73 Å². The van der Waals surface area contributed by atoms with E-state index < -0.39 is 18.2 Å². The highest BCUT2D eigenvalue weighted by Crippen LogP contribution is 2.16. The highest BCUT2D eigenvalue weighted by atomic mass is 19.3. The minimum atomic E-state index is -2.68. The summed E-state index contributed by atoms with van der Waals surface area (Å²) < 4.78 is 24.2. The van der Waals surface area contributed by atoms with Crippen LogP contribution in [0.3, 0.4) is 0 Å². The lowest BCUT2D eigenvalue weighted by Crippen LogP contribution is -2.14. The lowest BCUT2D eigenvalue weighted by Gasteiger charge is -2.07. The molecule has 0 saturated carbocycles. The van der Waals surface area contributed by atoms with Gasteiger partial charge in [-0.3, -0.25) is 4.98 Å². The van der Waals surface area contributed by atoms with E-state index in [1.54, 1.807) is 0 Å². The van der Waals surface area contributed by atoms with Crippen LogP contribution in [-0.4, -0.2) is 21.6 Å². The number of hydrogen-bond acceptors (Lipinski definition) is 4. The normalized spacial score (nSPS) is 13.3. The first-order valence-electron chi connectivity index (χ1n) is 3.63. The second-order valence-electron chi connectivity index (χ2n) is 2.42. The molecule has 0 saturated heterocycles. The molecule has 0 spiro atoms. The molecule has 0 aliphatic carbocycles. The van der Waals surface area contributed by atoms with Crippen LogP contribution in [0.4, 0.5) is 8.78 Å². The number of alkyl halides is 2. The van der Waals surface area contributed by atoms with E-state index >= 15 is 0 Å².